The van der Waals surface area contributed by atoms with Crippen LogP contribution in [0.5, 0.6) is 0 Å². The third-order valence-corrected chi connectivity index (χ3v) is 6.39. The lowest BCUT2D eigenvalue weighted by Gasteiger charge is -2.19. The van der Waals surface area contributed by atoms with E-state index in [0.29, 0.717) is 25.3 Å². The Kier molecular flexibility index (Phi) is 7.18. The zero-order valence-electron chi connectivity index (χ0n) is 16.3. The number of likely N-dealkylation sites (N-methyl/N-ethyl adjacent to an activating group) is 1. The summed E-state index contributed by atoms with van der Waals surface area (Å²) >= 11 is 0. The van der Waals surface area contributed by atoms with Crippen LogP contribution in [0.4, 0.5) is 5.69 Å². The lowest BCUT2D eigenvalue weighted by atomic mass is 10.2. The lowest BCUT2D eigenvalue weighted by molar-refractivity contribution is -0.886. The topological polar surface area (TPSA) is 84.1 Å². The lowest BCUT2D eigenvalue weighted by Crippen LogP contribution is -3.08. The number of aryl methyl sites for hydroxylation is 1. The molecule has 1 heterocycles. The standard InChI is InChI=1S/C19H27N3O4S/c1-5-22(6-2)27(24,25)17-10-9-15(3)18(12-17)20-19(23)14-21(4)13-16-8-7-11-26-16/h7-12H,5-6,13-14H2,1-4H3,(H,20,23)/p+1. The van der Waals surface area contributed by atoms with Gasteiger partial charge in [0, 0.05) is 18.8 Å². The summed E-state index contributed by atoms with van der Waals surface area (Å²) in [7, 11) is -1.67. The number of hydrogen-bond donors (Lipinski definition) is 2. The molecule has 1 atom stereocenters. The van der Waals surface area contributed by atoms with Crippen molar-refractivity contribution in [2.24, 2.45) is 0 Å². The maximum absolute atomic E-state index is 12.7. The average Bonchev–Trinajstić information content (AvgIpc) is 3.10. The minimum absolute atomic E-state index is 0.181. The van der Waals surface area contributed by atoms with Crippen LogP contribution in [-0.2, 0) is 21.4 Å². The number of benzene rings is 1. The van der Waals surface area contributed by atoms with Crippen molar-refractivity contribution in [1.29, 1.82) is 0 Å². The number of quaternary nitrogens is 1. The van der Waals surface area contributed by atoms with E-state index < -0.39 is 10.0 Å². The van der Waals surface area contributed by atoms with E-state index >= 15 is 0 Å². The largest absolute Gasteiger partial charge is 0.463 e. The molecule has 8 heteroatoms. The molecule has 1 aromatic carbocycles. The van der Waals surface area contributed by atoms with Crippen molar-refractivity contribution < 1.29 is 22.5 Å². The normalized spacial score (nSPS) is 12.9. The first kappa shape index (κ1) is 21.1. The number of rotatable bonds is 9. The molecule has 0 aliphatic carbocycles. The van der Waals surface area contributed by atoms with Crippen LogP contribution >= 0.6 is 0 Å². The predicted molar refractivity (Wildman–Crippen MR) is 104 cm³/mol. The zero-order chi connectivity index (χ0) is 20.0. The first-order chi connectivity index (χ1) is 12.8. The molecular weight excluding hydrogens is 366 g/mol. The fourth-order valence-electron chi connectivity index (χ4n) is 2.85. The van der Waals surface area contributed by atoms with Gasteiger partial charge in [-0.2, -0.15) is 4.31 Å². The van der Waals surface area contributed by atoms with E-state index in [4.69, 9.17) is 4.42 Å². The maximum Gasteiger partial charge on any atom is 0.279 e. The van der Waals surface area contributed by atoms with Crippen LogP contribution in [0.2, 0.25) is 0 Å². The molecule has 1 amide bonds. The van der Waals surface area contributed by atoms with Gasteiger partial charge >= 0.3 is 0 Å². The Morgan fingerprint density at radius 3 is 2.52 bits per heavy atom. The van der Waals surface area contributed by atoms with Crippen LogP contribution in [0.15, 0.2) is 45.9 Å². The number of sulfonamides is 1. The van der Waals surface area contributed by atoms with Gasteiger partial charge in [-0.15, -0.1) is 0 Å². The highest BCUT2D eigenvalue weighted by Crippen LogP contribution is 2.22. The summed E-state index contributed by atoms with van der Waals surface area (Å²) in [4.78, 5) is 13.5. The third-order valence-electron chi connectivity index (χ3n) is 4.34. The van der Waals surface area contributed by atoms with E-state index in [9.17, 15) is 13.2 Å². The summed E-state index contributed by atoms with van der Waals surface area (Å²) in [5.41, 5.74) is 1.32. The molecule has 7 nitrogen and oxygen atoms in total. The average molecular weight is 395 g/mol. The van der Waals surface area contributed by atoms with Gasteiger partial charge in [-0.1, -0.05) is 19.9 Å². The van der Waals surface area contributed by atoms with Gasteiger partial charge in [0.15, 0.2) is 12.3 Å². The molecule has 148 valence electrons. The quantitative estimate of drug-likeness (QED) is 0.671. The molecule has 0 fully saturated rings. The Morgan fingerprint density at radius 2 is 1.93 bits per heavy atom. The van der Waals surface area contributed by atoms with Crippen molar-refractivity contribution in [3.63, 3.8) is 0 Å². The number of nitrogens with zero attached hydrogens (tertiary/aromatic N) is 1. The predicted octanol–water partition coefficient (Wildman–Crippen LogP) is 1.27. The van der Waals surface area contributed by atoms with Crippen LogP contribution in [0.3, 0.4) is 0 Å². The molecule has 1 aromatic heterocycles. The van der Waals surface area contributed by atoms with Gasteiger partial charge in [-0.05, 0) is 36.8 Å². The van der Waals surface area contributed by atoms with Gasteiger partial charge in [0.2, 0.25) is 10.0 Å². The number of nitrogens with one attached hydrogen (secondary N) is 2. The monoisotopic (exact) mass is 394 g/mol. The number of hydrogen-bond acceptors (Lipinski definition) is 4. The number of furan rings is 1. The summed E-state index contributed by atoms with van der Waals surface area (Å²) in [6.07, 6.45) is 1.61. The van der Waals surface area contributed by atoms with Gasteiger partial charge in [0.1, 0.15) is 6.54 Å². The number of anilines is 1. The smallest absolute Gasteiger partial charge is 0.279 e. The highest BCUT2D eigenvalue weighted by atomic mass is 32.2. The second-order valence-electron chi connectivity index (χ2n) is 6.50. The van der Waals surface area contributed by atoms with E-state index in [1.165, 1.54) is 10.4 Å². The molecule has 0 saturated heterocycles. The van der Waals surface area contributed by atoms with Crippen LogP contribution in [0, 0.1) is 6.92 Å². The molecule has 2 N–H and O–H groups in total. The Hall–Kier alpha value is -2.16. The van der Waals surface area contributed by atoms with Gasteiger partial charge in [-0.3, -0.25) is 4.79 Å². The number of carbonyl (C=O) groups excluding carboxylic acids is 1. The van der Waals surface area contributed by atoms with Gasteiger partial charge < -0.3 is 14.6 Å². The Balaban J connectivity index is 2.10. The van der Waals surface area contributed by atoms with E-state index in [-0.39, 0.29) is 17.3 Å². The van der Waals surface area contributed by atoms with E-state index in [2.05, 4.69) is 5.32 Å². The molecule has 27 heavy (non-hydrogen) atoms. The first-order valence-electron chi connectivity index (χ1n) is 9.02. The zero-order valence-corrected chi connectivity index (χ0v) is 17.1. The van der Waals surface area contributed by atoms with Crippen LogP contribution < -0.4 is 10.2 Å². The summed E-state index contributed by atoms with van der Waals surface area (Å²) in [5.74, 6) is 0.628. The first-order valence-corrected chi connectivity index (χ1v) is 10.5. The third kappa shape index (κ3) is 5.41. The van der Waals surface area contributed by atoms with Crippen LogP contribution in [0.1, 0.15) is 25.2 Å². The molecule has 2 aromatic rings. The van der Waals surface area contributed by atoms with Crippen molar-refractivity contribution in [2.75, 3.05) is 32.0 Å². The van der Waals surface area contributed by atoms with Gasteiger partial charge in [0.25, 0.3) is 5.91 Å². The summed E-state index contributed by atoms with van der Waals surface area (Å²) in [5, 5.41) is 2.83. The Morgan fingerprint density at radius 1 is 1.22 bits per heavy atom. The minimum Gasteiger partial charge on any atom is -0.463 e. The summed E-state index contributed by atoms with van der Waals surface area (Å²) < 4.78 is 32.1. The molecule has 0 aliphatic heterocycles. The van der Waals surface area contributed by atoms with Crippen molar-refractivity contribution in [3.05, 3.63) is 47.9 Å². The Labute approximate surface area is 161 Å². The highest BCUT2D eigenvalue weighted by molar-refractivity contribution is 7.89. The molecule has 0 radical (unpaired) electrons. The van der Waals surface area contributed by atoms with Crippen molar-refractivity contribution >= 4 is 21.6 Å². The van der Waals surface area contributed by atoms with Crippen molar-refractivity contribution in [2.45, 2.75) is 32.2 Å². The summed E-state index contributed by atoms with van der Waals surface area (Å²) in [6, 6.07) is 8.50. The summed E-state index contributed by atoms with van der Waals surface area (Å²) in [6.45, 7) is 7.07. The Bertz CT molecular complexity index is 859. The van der Waals surface area contributed by atoms with Gasteiger partial charge in [-0.25, -0.2) is 8.42 Å². The van der Waals surface area contributed by atoms with E-state index in [1.807, 2.05) is 26.1 Å². The fourth-order valence-corrected chi connectivity index (χ4v) is 4.34. The molecule has 0 bridgehead atoms. The van der Waals surface area contributed by atoms with Crippen molar-refractivity contribution in [3.8, 4) is 0 Å². The minimum atomic E-state index is -3.57. The fraction of sp³-hybridized carbons (Fsp3) is 0.421. The molecule has 1 unspecified atom stereocenters. The molecule has 2 rings (SSSR count). The highest BCUT2D eigenvalue weighted by Gasteiger charge is 2.23. The second-order valence-corrected chi connectivity index (χ2v) is 8.44. The maximum atomic E-state index is 12.7. The molecular formula is C19H28N3O4S+. The van der Waals surface area contributed by atoms with Crippen molar-refractivity contribution in [1.82, 2.24) is 4.31 Å². The van der Waals surface area contributed by atoms with E-state index in [1.54, 1.807) is 32.2 Å². The SMILES string of the molecule is CCN(CC)S(=O)(=O)c1ccc(C)c(NC(=O)C[NH+](C)Cc2ccco2)c1. The van der Waals surface area contributed by atoms with Crippen LogP contribution in [-0.4, -0.2) is 45.3 Å². The van der Waals surface area contributed by atoms with Crippen LogP contribution in [0.25, 0.3) is 0 Å². The van der Waals surface area contributed by atoms with E-state index in [0.717, 1.165) is 16.2 Å². The van der Waals surface area contributed by atoms with Gasteiger partial charge in [0.05, 0.1) is 18.2 Å². The molecule has 0 saturated carbocycles. The molecule has 0 spiro atoms. The number of amides is 1. The number of carbonyl (C=O) groups is 1. The molecule has 0 aliphatic rings. The second kappa shape index (κ2) is 9.16.